The van der Waals surface area contributed by atoms with Crippen molar-refractivity contribution in [2.45, 2.75) is 32.2 Å². The summed E-state index contributed by atoms with van der Waals surface area (Å²) < 4.78 is 0. The molecule has 3 rings (SSSR count). The molecule has 0 heterocycles. The summed E-state index contributed by atoms with van der Waals surface area (Å²) in [6.45, 7) is 1.89. The van der Waals surface area contributed by atoms with Crippen molar-refractivity contribution in [3.8, 4) is 16.9 Å². The predicted molar refractivity (Wildman–Crippen MR) is 137 cm³/mol. The van der Waals surface area contributed by atoms with Gasteiger partial charge in [0, 0.05) is 29.9 Å². The van der Waals surface area contributed by atoms with Crippen LogP contribution in [0.25, 0.3) is 11.1 Å². The van der Waals surface area contributed by atoms with Crippen molar-refractivity contribution in [1.82, 2.24) is 5.32 Å². The number of carbonyl (C=O) groups is 3. The van der Waals surface area contributed by atoms with Gasteiger partial charge in [0.05, 0.1) is 0 Å². The van der Waals surface area contributed by atoms with Crippen LogP contribution >= 0.6 is 0 Å². The quantitative estimate of drug-likeness (QED) is 0.284. The molecule has 0 aromatic heterocycles. The number of nitrogens with two attached hydrogens (primary N) is 1. The number of phenolic OH excluding ortho intramolecular Hbond substituents is 1. The average molecular weight is 475 g/mol. The molecule has 0 fully saturated rings. The van der Waals surface area contributed by atoms with Crippen LogP contribution in [0.4, 0.5) is 11.4 Å². The standard InChI is InChI=1S/C27H30N4O4/c1-18(32)29-25(12-5-6-15-28)27(35)31-21-13-14-23(24(17-21)19-8-3-2-4-9-19)26(34)30-20-10-7-11-22(33)16-20/h2-4,7-11,13-14,16-17,25,33H,5-6,12,15,28H2,1H3,(H,29,32)(H,30,34)(H,31,35)/t25-/m0/s1. The van der Waals surface area contributed by atoms with Crippen LogP contribution in [0.15, 0.2) is 72.8 Å². The van der Waals surface area contributed by atoms with Gasteiger partial charge >= 0.3 is 0 Å². The zero-order chi connectivity index (χ0) is 25.2. The zero-order valence-electron chi connectivity index (χ0n) is 19.6. The molecule has 3 aromatic carbocycles. The summed E-state index contributed by atoms with van der Waals surface area (Å²) in [5.74, 6) is -0.940. The lowest BCUT2D eigenvalue weighted by molar-refractivity contribution is -0.125. The second kappa shape index (κ2) is 12.3. The molecule has 0 radical (unpaired) electrons. The van der Waals surface area contributed by atoms with E-state index in [1.54, 1.807) is 30.3 Å². The first-order valence-corrected chi connectivity index (χ1v) is 11.4. The molecule has 0 aliphatic heterocycles. The number of carbonyl (C=O) groups excluding carboxylic acids is 3. The number of unbranched alkanes of at least 4 members (excludes halogenated alkanes) is 1. The van der Waals surface area contributed by atoms with Gasteiger partial charge in [-0.25, -0.2) is 0 Å². The van der Waals surface area contributed by atoms with E-state index >= 15 is 0 Å². The highest BCUT2D eigenvalue weighted by atomic mass is 16.3. The van der Waals surface area contributed by atoms with E-state index in [2.05, 4.69) is 16.0 Å². The maximum absolute atomic E-state index is 13.1. The highest BCUT2D eigenvalue weighted by Crippen LogP contribution is 2.28. The van der Waals surface area contributed by atoms with Crippen LogP contribution in [0, 0.1) is 0 Å². The molecule has 0 bridgehead atoms. The first kappa shape index (κ1) is 25.5. The molecule has 35 heavy (non-hydrogen) atoms. The maximum atomic E-state index is 13.1. The molecule has 0 aliphatic carbocycles. The Morgan fingerprint density at radius 3 is 2.31 bits per heavy atom. The Labute approximate surface area is 204 Å². The van der Waals surface area contributed by atoms with Crippen LogP contribution in [-0.4, -0.2) is 35.4 Å². The van der Waals surface area contributed by atoms with Crippen molar-refractivity contribution >= 4 is 29.1 Å². The van der Waals surface area contributed by atoms with Gasteiger partial charge in [-0.15, -0.1) is 0 Å². The lowest BCUT2D eigenvalue weighted by atomic mass is 9.98. The molecule has 6 N–H and O–H groups in total. The van der Waals surface area contributed by atoms with E-state index in [-0.39, 0.29) is 23.5 Å². The van der Waals surface area contributed by atoms with Crippen LogP contribution in [-0.2, 0) is 9.59 Å². The SMILES string of the molecule is CC(=O)N[C@@H](CCCCN)C(=O)Nc1ccc(C(=O)Nc2cccc(O)c2)c(-c2ccccc2)c1. The third-order valence-electron chi connectivity index (χ3n) is 5.36. The smallest absolute Gasteiger partial charge is 0.256 e. The van der Waals surface area contributed by atoms with E-state index in [4.69, 9.17) is 5.73 Å². The number of anilines is 2. The summed E-state index contributed by atoms with van der Waals surface area (Å²) in [4.78, 5) is 37.6. The summed E-state index contributed by atoms with van der Waals surface area (Å²) in [7, 11) is 0. The number of nitrogens with one attached hydrogen (secondary N) is 3. The third-order valence-corrected chi connectivity index (χ3v) is 5.36. The lowest BCUT2D eigenvalue weighted by Crippen LogP contribution is -2.42. The number of hydrogen-bond donors (Lipinski definition) is 5. The van der Waals surface area contributed by atoms with Gasteiger partial charge < -0.3 is 26.8 Å². The van der Waals surface area contributed by atoms with Crippen molar-refractivity contribution in [3.63, 3.8) is 0 Å². The molecule has 0 unspecified atom stereocenters. The minimum atomic E-state index is -0.687. The Bertz CT molecular complexity index is 1180. The van der Waals surface area contributed by atoms with Crippen molar-refractivity contribution in [2.24, 2.45) is 5.73 Å². The highest BCUT2D eigenvalue weighted by molar-refractivity contribution is 6.09. The minimum Gasteiger partial charge on any atom is -0.508 e. The molecule has 8 nitrogen and oxygen atoms in total. The molecule has 8 heteroatoms. The van der Waals surface area contributed by atoms with Crippen LogP contribution in [0.2, 0.25) is 0 Å². The predicted octanol–water partition coefficient (Wildman–Crippen LogP) is 3.88. The van der Waals surface area contributed by atoms with E-state index in [1.165, 1.54) is 19.1 Å². The largest absolute Gasteiger partial charge is 0.508 e. The van der Waals surface area contributed by atoms with Crippen molar-refractivity contribution in [1.29, 1.82) is 0 Å². The van der Waals surface area contributed by atoms with E-state index in [0.29, 0.717) is 41.9 Å². The van der Waals surface area contributed by atoms with Gasteiger partial charge in [-0.1, -0.05) is 36.4 Å². The Morgan fingerprint density at radius 1 is 0.886 bits per heavy atom. The number of rotatable bonds is 10. The van der Waals surface area contributed by atoms with Crippen molar-refractivity contribution < 1.29 is 19.5 Å². The van der Waals surface area contributed by atoms with Crippen LogP contribution in [0.1, 0.15) is 36.5 Å². The summed E-state index contributed by atoms with van der Waals surface area (Å²) in [5, 5.41) is 18.0. The molecule has 3 aromatic rings. The second-order valence-corrected chi connectivity index (χ2v) is 8.16. The molecule has 182 valence electrons. The van der Waals surface area contributed by atoms with Crippen LogP contribution < -0.4 is 21.7 Å². The van der Waals surface area contributed by atoms with E-state index < -0.39 is 6.04 Å². The third kappa shape index (κ3) is 7.41. The molecule has 0 spiro atoms. The molecule has 1 atom stereocenters. The summed E-state index contributed by atoms with van der Waals surface area (Å²) in [5.41, 5.74) is 8.33. The van der Waals surface area contributed by atoms with E-state index in [1.807, 2.05) is 30.3 Å². The van der Waals surface area contributed by atoms with Crippen LogP contribution in [0.3, 0.4) is 0 Å². The number of phenols is 1. The summed E-state index contributed by atoms with van der Waals surface area (Å²) >= 11 is 0. The number of aromatic hydroxyl groups is 1. The van der Waals surface area contributed by atoms with Crippen LogP contribution in [0.5, 0.6) is 5.75 Å². The second-order valence-electron chi connectivity index (χ2n) is 8.16. The molecule has 0 saturated carbocycles. The zero-order valence-corrected chi connectivity index (χ0v) is 19.6. The minimum absolute atomic E-state index is 0.0457. The van der Waals surface area contributed by atoms with Gasteiger partial charge in [0.25, 0.3) is 5.91 Å². The number of hydrogen-bond acceptors (Lipinski definition) is 5. The van der Waals surface area contributed by atoms with E-state index in [9.17, 15) is 19.5 Å². The van der Waals surface area contributed by atoms with Gasteiger partial charge in [0.15, 0.2) is 0 Å². The first-order chi connectivity index (χ1) is 16.9. The highest BCUT2D eigenvalue weighted by Gasteiger charge is 2.20. The fourth-order valence-corrected chi connectivity index (χ4v) is 3.69. The van der Waals surface area contributed by atoms with Crippen molar-refractivity contribution in [3.05, 3.63) is 78.4 Å². The number of benzene rings is 3. The summed E-state index contributed by atoms with van der Waals surface area (Å²) in [6, 6.07) is 20.0. The monoisotopic (exact) mass is 474 g/mol. The topological polar surface area (TPSA) is 134 Å². The maximum Gasteiger partial charge on any atom is 0.256 e. The molecule has 0 saturated heterocycles. The fraction of sp³-hybridized carbons (Fsp3) is 0.222. The first-order valence-electron chi connectivity index (χ1n) is 11.4. The fourth-order valence-electron chi connectivity index (χ4n) is 3.69. The van der Waals surface area contributed by atoms with Crippen molar-refractivity contribution in [2.75, 3.05) is 17.2 Å². The normalized spacial score (nSPS) is 11.4. The Kier molecular flexibility index (Phi) is 8.97. The van der Waals surface area contributed by atoms with Gasteiger partial charge in [-0.2, -0.15) is 0 Å². The summed E-state index contributed by atoms with van der Waals surface area (Å²) in [6.07, 6.45) is 1.93. The Balaban J connectivity index is 1.87. The molecular formula is C27H30N4O4. The molecule has 0 aliphatic rings. The average Bonchev–Trinajstić information content (AvgIpc) is 2.83. The number of amides is 3. The van der Waals surface area contributed by atoms with E-state index in [0.717, 1.165) is 12.0 Å². The van der Waals surface area contributed by atoms with Gasteiger partial charge in [0.2, 0.25) is 11.8 Å². The lowest BCUT2D eigenvalue weighted by Gasteiger charge is -2.18. The van der Waals surface area contributed by atoms with Gasteiger partial charge in [-0.05, 0) is 67.3 Å². The van der Waals surface area contributed by atoms with Gasteiger partial charge in [0.1, 0.15) is 11.8 Å². The molecular weight excluding hydrogens is 444 g/mol. The Morgan fingerprint density at radius 2 is 1.63 bits per heavy atom. The van der Waals surface area contributed by atoms with Gasteiger partial charge in [-0.3, -0.25) is 14.4 Å². The Hall–Kier alpha value is -4.17. The molecule has 3 amide bonds.